The van der Waals surface area contributed by atoms with Crippen LogP contribution in [0.5, 0.6) is 5.88 Å². The maximum absolute atomic E-state index is 5.86. The topological polar surface area (TPSA) is 64.3 Å². The van der Waals surface area contributed by atoms with E-state index >= 15 is 0 Å². The van der Waals surface area contributed by atoms with Crippen LogP contribution in [0.2, 0.25) is 0 Å². The summed E-state index contributed by atoms with van der Waals surface area (Å²) in [5.41, 5.74) is 6.81. The van der Waals surface area contributed by atoms with Gasteiger partial charge in [-0.15, -0.1) is 0 Å². The van der Waals surface area contributed by atoms with E-state index in [2.05, 4.69) is 35.6 Å². The summed E-state index contributed by atoms with van der Waals surface area (Å²) < 4.78 is 5.72. The Morgan fingerprint density at radius 1 is 1.33 bits per heavy atom. The second kappa shape index (κ2) is 7.59. The van der Waals surface area contributed by atoms with Gasteiger partial charge in [0.05, 0.1) is 6.10 Å². The smallest absolute Gasteiger partial charge is 0.228 e. The molecule has 0 saturated carbocycles. The van der Waals surface area contributed by atoms with Gasteiger partial charge in [0.15, 0.2) is 0 Å². The van der Waals surface area contributed by atoms with E-state index in [9.17, 15) is 0 Å². The number of hydrogen-bond acceptors (Lipinski definition) is 5. The van der Waals surface area contributed by atoms with Gasteiger partial charge in [-0.2, -0.15) is 4.98 Å². The van der Waals surface area contributed by atoms with E-state index in [0.717, 1.165) is 31.2 Å². The van der Waals surface area contributed by atoms with Crippen molar-refractivity contribution in [2.24, 2.45) is 11.1 Å². The Hall–Kier alpha value is -1.36. The molecule has 21 heavy (non-hydrogen) atoms. The molecule has 1 aromatic rings. The van der Waals surface area contributed by atoms with Crippen molar-refractivity contribution in [2.75, 3.05) is 24.5 Å². The highest BCUT2D eigenvalue weighted by molar-refractivity contribution is 5.34. The number of rotatable bonds is 8. The van der Waals surface area contributed by atoms with Crippen LogP contribution in [-0.2, 0) is 0 Å². The van der Waals surface area contributed by atoms with Crippen LogP contribution in [0, 0.1) is 12.3 Å². The largest absolute Gasteiger partial charge is 0.475 e. The average molecular weight is 294 g/mol. The Labute approximate surface area is 128 Å². The summed E-state index contributed by atoms with van der Waals surface area (Å²) in [6, 6.07) is 1.88. The van der Waals surface area contributed by atoms with Crippen LogP contribution >= 0.6 is 0 Å². The van der Waals surface area contributed by atoms with Crippen LogP contribution in [-0.4, -0.2) is 35.7 Å². The second-order valence-electron chi connectivity index (χ2n) is 6.60. The number of nitrogens with two attached hydrogens (primary N) is 1. The SMILES string of the molecule is CCCN(CC(C)(C)CN)c1nc(C)cc(OC(C)C)n1. The van der Waals surface area contributed by atoms with Gasteiger partial charge < -0.3 is 15.4 Å². The van der Waals surface area contributed by atoms with Gasteiger partial charge in [-0.25, -0.2) is 4.98 Å². The van der Waals surface area contributed by atoms with Gasteiger partial charge in [-0.3, -0.25) is 0 Å². The first-order valence-corrected chi connectivity index (χ1v) is 7.74. The maximum atomic E-state index is 5.86. The summed E-state index contributed by atoms with van der Waals surface area (Å²) in [6.45, 7) is 14.8. The molecule has 5 nitrogen and oxygen atoms in total. The van der Waals surface area contributed by atoms with Crippen molar-refractivity contribution in [1.29, 1.82) is 0 Å². The molecule has 0 spiro atoms. The molecule has 2 N–H and O–H groups in total. The maximum Gasteiger partial charge on any atom is 0.228 e. The van der Waals surface area contributed by atoms with E-state index in [1.54, 1.807) is 0 Å². The van der Waals surface area contributed by atoms with Crippen LogP contribution in [0.3, 0.4) is 0 Å². The number of aromatic nitrogens is 2. The summed E-state index contributed by atoms with van der Waals surface area (Å²) in [6.07, 6.45) is 1.14. The molecule has 1 aromatic heterocycles. The van der Waals surface area contributed by atoms with Gasteiger partial charge in [0.1, 0.15) is 0 Å². The third-order valence-corrected chi connectivity index (χ3v) is 3.12. The van der Waals surface area contributed by atoms with Gasteiger partial charge >= 0.3 is 0 Å². The lowest BCUT2D eigenvalue weighted by Crippen LogP contribution is -2.40. The van der Waals surface area contributed by atoms with Crippen molar-refractivity contribution in [3.63, 3.8) is 0 Å². The third-order valence-electron chi connectivity index (χ3n) is 3.12. The molecule has 0 atom stereocenters. The van der Waals surface area contributed by atoms with Crippen LogP contribution in [0.1, 0.15) is 46.7 Å². The van der Waals surface area contributed by atoms with Crippen molar-refractivity contribution in [3.05, 3.63) is 11.8 Å². The molecule has 0 radical (unpaired) electrons. The van der Waals surface area contributed by atoms with E-state index in [1.807, 2.05) is 26.8 Å². The Bertz CT molecular complexity index is 446. The molecular formula is C16H30N4O. The molecule has 0 aliphatic rings. The van der Waals surface area contributed by atoms with Gasteiger partial charge in [0.2, 0.25) is 11.8 Å². The molecule has 0 aliphatic heterocycles. The van der Waals surface area contributed by atoms with Crippen molar-refractivity contribution >= 4 is 5.95 Å². The van der Waals surface area contributed by atoms with Crippen molar-refractivity contribution < 1.29 is 4.74 Å². The van der Waals surface area contributed by atoms with Crippen LogP contribution in [0.25, 0.3) is 0 Å². The molecule has 0 bridgehead atoms. The number of nitrogens with zero attached hydrogens (tertiary/aromatic N) is 3. The molecule has 0 aromatic carbocycles. The minimum absolute atomic E-state index is 0.0291. The molecule has 0 aliphatic carbocycles. The molecule has 0 fully saturated rings. The van der Waals surface area contributed by atoms with E-state index in [1.165, 1.54) is 0 Å². The zero-order valence-corrected chi connectivity index (χ0v) is 14.3. The molecule has 1 rings (SSSR count). The van der Waals surface area contributed by atoms with Gasteiger partial charge in [0, 0.05) is 24.8 Å². The Morgan fingerprint density at radius 3 is 2.52 bits per heavy atom. The highest BCUT2D eigenvalue weighted by atomic mass is 16.5. The Balaban J connectivity index is 3.04. The first kappa shape index (κ1) is 17.7. The van der Waals surface area contributed by atoms with E-state index < -0.39 is 0 Å². The second-order valence-corrected chi connectivity index (χ2v) is 6.60. The molecule has 120 valence electrons. The molecular weight excluding hydrogens is 264 g/mol. The lowest BCUT2D eigenvalue weighted by atomic mass is 9.93. The molecule has 1 heterocycles. The van der Waals surface area contributed by atoms with Crippen LogP contribution in [0.4, 0.5) is 5.95 Å². The summed E-state index contributed by atoms with van der Waals surface area (Å²) >= 11 is 0. The predicted octanol–water partition coefficient (Wildman–Crippen LogP) is 2.77. The van der Waals surface area contributed by atoms with Crippen molar-refractivity contribution in [3.8, 4) is 5.88 Å². The lowest BCUT2D eigenvalue weighted by Gasteiger charge is -2.32. The minimum atomic E-state index is 0.0291. The molecule has 0 unspecified atom stereocenters. The summed E-state index contributed by atoms with van der Waals surface area (Å²) in [7, 11) is 0. The number of hydrogen-bond donors (Lipinski definition) is 1. The number of anilines is 1. The fraction of sp³-hybridized carbons (Fsp3) is 0.750. The lowest BCUT2D eigenvalue weighted by molar-refractivity contribution is 0.232. The fourth-order valence-electron chi connectivity index (χ4n) is 2.07. The molecule has 0 amide bonds. The van der Waals surface area contributed by atoms with E-state index in [-0.39, 0.29) is 11.5 Å². The average Bonchev–Trinajstić information content (AvgIpc) is 2.36. The summed E-state index contributed by atoms with van der Waals surface area (Å²) in [4.78, 5) is 11.3. The first-order chi connectivity index (χ1) is 9.77. The highest BCUT2D eigenvalue weighted by Gasteiger charge is 2.22. The number of aryl methyl sites for hydroxylation is 1. The van der Waals surface area contributed by atoms with Crippen LogP contribution < -0.4 is 15.4 Å². The highest BCUT2D eigenvalue weighted by Crippen LogP contribution is 2.21. The van der Waals surface area contributed by atoms with Crippen molar-refractivity contribution in [2.45, 2.75) is 54.1 Å². The minimum Gasteiger partial charge on any atom is -0.475 e. The first-order valence-electron chi connectivity index (χ1n) is 7.74. The normalized spacial score (nSPS) is 11.8. The standard InChI is InChI=1S/C16H30N4O/c1-7-8-20(11-16(5,6)10-17)15-18-13(4)9-14(19-15)21-12(2)3/h9,12H,7-8,10-11,17H2,1-6H3. The zero-order valence-electron chi connectivity index (χ0n) is 14.3. The van der Waals surface area contributed by atoms with Crippen LogP contribution in [0.15, 0.2) is 6.07 Å². The Kier molecular flexibility index (Phi) is 6.40. The quantitative estimate of drug-likeness (QED) is 0.798. The van der Waals surface area contributed by atoms with E-state index in [4.69, 9.17) is 10.5 Å². The monoisotopic (exact) mass is 294 g/mol. The van der Waals surface area contributed by atoms with Crippen molar-refractivity contribution in [1.82, 2.24) is 9.97 Å². The zero-order chi connectivity index (χ0) is 16.0. The summed E-state index contributed by atoms with van der Waals surface area (Å²) in [5.74, 6) is 1.37. The number of ether oxygens (including phenoxy) is 1. The molecule has 0 saturated heterocycles. The predicted molar refractivity (Wildman–Crippen MR) is 87.9 cm³/mol. The van der Waals surface area contributed by atoms with Gasteiger partial charge in [-0.1, -0.05) is 20.8 Å². The fourth-order valence-corrected chi connectivity index (χ4v) is 2.07. The van der Waals surface area contributed by atoms with E-state index in [0.29, 0.717) is 12.4 Å². The Morgan fingerprint density at radius 2 is 2.00 bits per heavy atom. The molecule has 5 heteroatoms. The van der Waals surface area contributed by atoms with Gasteiger partial charge in [-0.05, 0) is 39.2 Å². The summed E-state index contributed by atoms with van der Waals surface area (Å²) in [5, 5.41) is 0. The van der Waals surface area contributed by atoms with Gasteiger partial charge in [0.25, 0.3) is 0 Å². The third kappa shape index (κ3) is 5.87.